The van der Waals surface area contributed by atoms with Gasteiger partial charge in [-0.2, -0.15) is 0 Å². The molecule has 3 nitrogen and oxygen atoms in total. The number of rotatable bonds is 1. The maximum absolute atomic E-state index is 5.34. The number of ether oxygens (including phenoxy) is 1. The summed E-state index contributed by atoms with van der Waals surface area (Å²) in [6.45, 7) is 10.1. The predicted octanol–water partition coefficient (Wildman–Crippen LogP) is 2.22. The molecule has 1 aliphatic heterocycles. The summed E-state index contributed by atoms with van der Waals surface area (Å²) in [7, 11) is 0. The average Bonchev–Trinajstić information content (AvgIpc) is 2.29. The second kappa shape index (κ2) is 4.42. The molecular weight excluding hydrogens is 200 g/mol. The summed E-state index contributed by atoms with van der Waals surface area (Å²) in [5.41, 5.74) is 2.48. The Hall–Kier alpha value is -1.09. The van der Waals surface area contributed by atoms with Crippen molar-refractivity contribution in [2.75, 3.05) is 31.2 Å². The van der Waals surface area contributed by atoms with Gasteiger partial charge in [-0.15, -0.1) is 0 Å². The summed E-state index contributed by atoms with van der Waals surface area (Å²) in [5, 5.41) is 0. The van der Waals surface area contributed by atoms with E-state index in [2.05, 4.69) is 42.8 Å². The standard InChI is InChI=1S/C13H20N2O/c1-13(2,3)12-5-4-11(10-14-12)15-6-8-16-9-7-15/h4-5,10H,6-9H2,1-3H3. The first-order chi connectivity index (χ1) is 7.57. The Bertz CT molecular complexity index is 334. The van der Waals surface area contributed by atoms with Crippen molar-refractivity contribution >= 4 is 5.69 Å². The normalized spacial score (nSPS) is 17.6. The van der Waals surface area contributed by atoms with Crippen LogP contribution in [-0.4, -0.2) is 31.3 Å². The molecule has 1 aliphatic rings. The number of hydrogen-bond donors (Lipinski definition) is 0. The lowest BCUT2D eigenvalue weighted by atomic mass is 9.92. The smallest absolute Gasteiger partial charge is 0.0642 e. The molecule has 0 amide bonds. The highest BCUT2D eigenvalue weighted by Crippen LogP contribution is 2.22. The van der Waals surface area contributed by atoms with Crippen LogP contribution in [0, 0.1) is 0 Å². The van der Waals surface area contributed by atoms with Gasteiger partial charge in [-0.25, -0.2) is 0 Å². The lowest BCUT2D eigenvalue weighted by molar-refractivity contribution is 0.122. The van der Waals surface area contributed by atoms with E-state index in [4.69, 9.17) is 4.74 Å². The molecular formula is C13H20N2O. The quantitative estimate of drug-likeness (QED) is 0.725. The minimum Gasteiger partial charge on any atom is -0.378 e. The van der Waals surface area contributed by atoms with Crippen LogP contribution in [0.25, 0.3) is 0 Å². The van der Waals surface area contributed by atoms with Crippen molar-refractivity contribution in [2.45, 2.75) is 26.2 Å². The molecule has 0 aliphatic carbocycles. The SMILES string of the molecule is CC(C)(C)c1ccc(N2CCOCC2)cn1. The molecule has 0 N–H and O–H groups in total. The molecule has 1 fully saturated rings. The van der Waals surface area contributed by atoms with Gasteiger partial charge in [0.15, 0.2) is 0 Å². The third kappa shape index (κ3) is 2.53. The lowest BCUT2D eigenvalue weighted by Gasteiger charge is -2.29. The van der Waals surface area contributed by atoms with E-state index in [1.165, 1.54) is 5.69 Å². The zero-order valence-corrected chi connectivity index (χ0v) is 10.4. The van der Waals surface area contributed by atoms with Gasteiger partial charge in [0, 0.05) is 24.2 Å². The summed E-state index contributed by atoms with van der Waals surface area (Å²) >= 11 is 0. The molecule has 1 saturated heterocycles. The first-order valence-electron chi connectivity index (χ1n) is 5.86. The Labute approximate surface area is 97.4 Å². The molecule has 0 bridgehead atoms. The number of nitrogens with zero attached hydrogens (tertiary/aromatic N) is 2. The third-order valence-electron chi connectivity index (χ3n) is 2.89. The van der Waals surface area contributed by atoms with Crippen LogP contribution in [0.4, 0.5) is 5.69 Å². The number of aromatic nitrogens is 1. The Kier molecular flexibility index (Phi) is 3.15. The van der Waals surface area contributed by atoms with Gasteiger partial charge in [0.05, 0.1) is 25.1 Å². The van der Waals surface area contributed by atoms with E-state index >= 15 is 0 Å². The summed E-state index contributed by atoms with van der Waals surface area (Å²) in [6, 6.07) is 4.30. The maximum atomic E-state index is 5.34. The second-order valence-corrected chi connectivity index (χ2v) is 5.25. The fourth-order valence-electron chi connectivity index (χ4n) is 1.84. The van der Waals surface area contributed by atoms with Crippen molar-refractivity contribution in [1.82, 2.24) is 4.98 Å². The van der Waals surface area contributed by atoms with Crippen molar-refractivity contribution in [2.24, 2.45) is 0 Å². The molecule has 2 heterocycles. The average molecular weight is 220 g/mol. The molecule has 0 aromatic carbocycles. The lowest BCUT2D eigenvalue weighted by Crippen LogP contribution is -2.36. The molecule has 16 heavy (non-hydrogen) atoms. The molecule has 3 heteroatoms. The van der Waals surface area contributed by atoms with Crippen LogP contribution in [0.15, 0.2) is 18.3 Å². The fraction of sp³-hybridized carbons (Fsp3) is 0.615. The number of hydrogen-bond acceptors (Lipinski definition) is 3. The molecule has 1 aromatic heterocycles. The zero-order valence-electron chi connectivity index (χ0n) is 10.4. The van der Waals surface area contributed by atoms with Crippen LogP contribution in [0.5, 0.6) is 0 Å². The van der Waals surface area contributed by atoms with Gasteiger partial charge in [0.1, 0.15) is 0 Å². The first kappa shape index (κ1) is 11.4. The molecule has 0 spiro atoms. The highest BCUT2D eigenvalue weighted by atomic mass is 16.5. The largest absolute Gasteiger partial charge is 0.378 e. The predicted molar refractivity (Wildman–Crippen MR) is 66.0 cm³/mol. The van der Waals surface area contributed by atoms with Gasteiger partial charge in [-0.1, -0.05) is 20.8 Å². The maximum Gasteiger partial charge on any atom is 0.0642 e. The molecule has 1 aromatic rings. The van der Waals surface area contributed by atoms with E-state index in [-0.39, 0.29) is 5.41 Å². The van der Waals surface area contributed by atoms with E-state index in [9.17, 15) is 0 Å². The number of pyridine rings is 1. The summed E-state index contributed by atoms with van der Waals surface area (Å²) in [4.78, 5) is 6.87. The van der Waals surface area contributed by atoms with Crippen molar-refractivity contribution in [3.05, 3.63) is 24.0 Å². The highest BCUT2D eigenvalue weighted by Gasteiger charge is 2.16. The van der Waals surface area contributed by atoms with Crippen LogP contribution in [0.3, 0.4) is 0 Å². The van der Waals surface area contributed by atoms with Gasteiger partial charge in [0.2, 0.25) is 0 Å². The van der Waals surface area contributed by atoms with Gasteiger partial charge >= 0.3 is 0 Å². The van der Waals surface area contributed by atoms with Crippen LogP contribution in [0.1, 0.15) is 26.5 Å². The van der Waals surface area contributed by atoms with Gasteiger partial charge in [-0.05, 0) is 12.1 Å². The topological polar surface area (TPSA) is 25.4 Å². The van der Waals surface area contributed by atoms with Crippen molar-refractivity contribution < 1.29 is 4.74 Å². The van der Waals surface area contributed by atoms with Crippen LogP contribution in [0.2, 0.25) is 0 Å². The fourth-order valence-corrected chi connectivity index (χ4v) is 1.84. The number of morpholine rings is 1. The molecule has 0 unspecified atom stereocenters. The Balaban J connectivity index is 2.12. The summed E-state index contributed by atoms with van der Waals surface area (Å²) < 4.78 is 5.34. The monoisotopic (exact) mass is 220 g/mol. The Morgan fingerprint density at radius 1 is 1.19 bits per heavy atom. The minimum atomic E-state index is 0.129. The third-order valence-corrected chi connectivity index (χ3v) is 2.89. The van der Waals surface area contributed by atoms with E-state index in [1.54, 1.807) is 0 Å². The van der Waals surface area contributed by atoms with E-state index in [0.29, 0.717) is 0 Å². The van der Waals surface area contributed by atoms with Crippen molar-refractivity contribution in [1.29, 1.82) is 0 Å². The van der Waals surface area contributed by atoms with Crippen LogP contribution >= 0.6 is 0 Å². The van der Waals surface area contributed by atoms with Crippen molar-refractivity contribution in [3.63, 3.8) is 0 Å². The molecule has 0 radical (unpaired) electrons. The molecule has 88 valence electrons. The van der Waals surface area contributed by atoms with Gasteiger partial charge < -0.3 is 9.64 Å². The van der Waals surface area contributed by atoms with E-state index < -0.39 is 0 Å². The molecule has 0 saturated carbocycles. The van der Waals surface area contributed by atoms with Crippen LogP contribution in [-0.2, 0) is 10.2 Å². The zero-order chi connectivity index (χ0) is 11.6. The molecule has 2 rings (SSSR count). The van der Waals surface area contributed by atoms with Crippen LogP contribution < -0.4 is 4.90 Å². The number of anilines is 1. The Morgan fingerprint density at radius 2 is 1.88 bits per heavy atom. The minimum absolute atomic E-state index is 0.129. The van der Waals surface area contributed by atoms with Gasteiger partial charge in [0.25, 0.3) is 0 Å². The van der Waals surface area contributed by atoms with E-state index in [1.807, 2.05) is 6.20 Å². The summed E-state index contributed by atoms with van der Waals surface area (Å²) in [5.74, 6) is 0. The summed E-state index contributed by atoms with van der Waals surface area (Å²) in [6.07, 6.45) is 1.98. The van der Waals surface area contributed by atoms with Gasteiger partial charge in [-0.3, -0.25) is 4.98 Å². The highest BCUT2D eigenvalue weighted by molar-refractivity contribution is 5.45. The molecule has 0 atom stereocenters. The van der Waals surface area contributed by atoms with Crippen molar-refractivity contribution in [3.8, 4) is 0 Å². The van der Waals surface area contributed by atoms with E-state index in [0.717, 1.165) is 32.0 Å². The first-order valence-corrected chi connectivity index (χ1v) is 5.86. The Morgan fingerprint density at radius 3 is 2.38 bits per heavy atom. The second-order valence-electron chi connectivity index (χ2n) is 5.25.